The van der Waals surface area contributed by atoms with Gasteiger partial charge < -0.3 is 5.11 Å². The zero-order valence-corrected chi connectivity index (χ0v) is 10.3. The first kappa shape index (κ1) is 13.1. The molecular weight excluding hydrogens is 247 g/mol. The van der Waals surface area contributed by atoms with Crippen molar-refractivity contribution in [1.82, 2.24) is 0 Å². The second kappa shape index (κ2) is 4.89. The molecule has 1 N–H and O–H groups in total. The van der Waals surface area contributed by atoms with Crippen molar-refractivity contribution in [1.29, 1.82) is 0 Å². The van der Waals surface area contributed by atoms with Crippen molar-refractivity contribution >= 4 is 29.2 Å². The van der Waals surface area contributed by atoms with Crippen molar-refractivity contribution in [2.75, 3.05) is 0 Å². The lowest BCUT2D eigenvalue weighted by molar-refractivity contribution is -0.145. The van der Waals surface area contributed by atoms with Crippen LogP contribution in [0.15, 0.2) is 30.9 Å². The number of benzene rings is 1. The van der Waals surface area contributed by atoms with Gasteiger partial charge in [0, 0.05) is 10.0 Å². The van der Waals surface area contributed by atoms with Crippen LogP contribution in [0, 0.1) is 5.41 Å². The lowest BCUT2D eigenvalue weighted by atomic mass is 9.84. The average Bonchev–Trinajstić information content (AvgIpc) is 2.23. The van der Waals surface area contributed by atoms with E-state index in [0.717, 1.165) is 0 Å². The molecule has 0 fully saturated rings. The van der Waals surface area contributed by atoms with Gasteiger partial charge in [0.05, 0.1) is 5.41 Å². The molecule has 0 spiro atoms. The molecule has 1 aromatic carbocycles. The molecule has 16 heavy (non-hydrogen) atoms. The Hall–Kier alpha value is -0.990. The van der Waals surface area contributed by atoms with E-state index in [1.165, 1.54) is 6.08 Å². The Balaban J connectivity index is 3.07. The van der Waals surface area contributed by atoms with Gasteiger partial charge in [0.1, 0.15) is 0 Å². The summed E-state index contributed by atoms with van der Waals surface area (Å²) in [5, 5.41) is 10.2. The maximum atomic E-state index is 11.1. The van der Waals surface area contributed by atoms with Gasteiger partial charge in [-0.15, -0.1) is 6.58 Å². The largest absolute Gasteiger partial charge is 0.481 e. The Morgan fingerprint density at radius 3 is 2.69 bits per heavy atom. The van der Waals surface area contributed by atoms with Crippen molar-refractivity contribution in [2.45, 2.75) is 13.3 Å². The summed E-state index contributed by atoms with van der Waals surface area (Å²) in [5.74, 6) is -0.932. The number of halogens is 2. The zero-order chi connectivity index (χ0) is 12.3. The number of rotatable bonds is 4. The van der Waals surface area contributed by atoms with Crippen LogP contribution in [0.3, 0.4) is 0 Å². The van der Waals surface area contributed by atoms with Crippen LogP contribution in [0.2, 0.25) is 10.0 Å². The molecule has 0 aliphatic carbocycles. The lowest BCUT2D eigenvalue weighted by Gasteiger charge is -2.21. The van der Waals surface area contributed by atoms with Gasteiger partial charge >= 0.3 is 5.97 Å². The summed E-state index contributed by atoms with van der Waals surface area (Å²) in [4.78, 5) is 11.1. The van der Waals surface area contributed by atoms with Crippen LogP contribution in [-0.4, -0.2) is 11.1 Å². The number of carboxylic acid groups (broad SMARTS) is 1. The molecule has 0 amide bonds. The molecule has 0 saturated carbocycles. The quantitative estimate of drug-likeness (QED) is 0.834. The first-order chi connectivity index (χ1) is 7.39. The van der Waals surface area contributed by atoms with Crippen LogP contribution in [0.4, 0.5) is 0 Å². The highest BCUT2D eigenvalue weighted by molar-refractivity contribution is 6.33. The standard InChI is InChI=1S/C12H12Cl2O2/c1-3-12(2,11(15)16)7-8-6-9(13)4-5-10(8)14/h3-6H,1,7H2,2H3,(H,15,16). The van der Waals surface area contributed by atoms with E-state index in [1.54, 1.807) is 25.1 Å². The highest BCUT2D eigenvalue weighted by Crippen LogP contribution is 2.29. The molecule has 0 aliphatic heterocycles. The minimum Gasteiger partial charge on any atom is -0.481 e. The molecule has 0 aliphatic rings. The molecule has 0 bridgehead atoms. The minimum absolute atomic E-state index is 0.269. The van der Waals surface area contributed by atoms with E-state index in [0.29, 0.717) is 15.6 Å². The van der Waals surface area contributed by atoms with E-state index in [-0.39, 0.29) is 6.42 Å². The average molecular weight is 259 g/mol. The van der Waals surface area contributed by atoms with Crippen molar-refractivity contribution in [2.24, 2.45) is 5.41 Å². The van der Waals surface area contributed by atoms with Gasteiger partial charge in [-0.2, -0.15) is 0 Å². The van der Waals surface area contributed by atoms with Crippen molar-refractivity contribution < 1.29 is 9.90 Å². The minimum atomic E-state index is -1.03. The highest BCUT2D eigenvalue weighted by Gasteiger charge is 2.30. The van der Waals surface area contributed by atoms with E-state index in [1.807, 2.05) is 0 Å². The fourth-order valence-electron chi connectivity index (χ4n) is 1.31. The van der Waals surface area contributed by atoms with Gasteiger partial charge in [0.2, 0.25) is 0 Å². The summed E-state index contributed by atoms with van der Waals surface area (Å²) in [7, 11) is 0. The molecule has 0 heterocycles. The summed E-state index contributed by atoms with van der Waals surface area (Å²) in [6, 6.07) is 5.00. The summed E-state index contributed by atoms with van der Waals surface area (Å²) < 4.78 is 0. The van der Waals surface area contributed by atoms with E-state index in [2.05, 4.69) is 6.58 Å². The van der Waals surface area contributed by atoms with Gasteiger partial charge in [-0.25, -0.2) is 0 Å². The summed E-state index contributed by atoms with van der Waals surface area (Å²) in [6.45, 7) is 5.14. The van der Waals surface area contributed by atoms with Crippen LogP contribution in [0.1, 0.15) is 12.5 Å². The fourth-order valence-corrected chi connectivity index (χ4v) is 1.69. The molecular formula is C12H12Cl2O2. The first-order valence-electron chi connectivity index (χ1n) is 4.70. The molecule has 0 radical (unpaired) electrons. The lowest BCUT2D eigenvalue weighted by Crippen LogP contribution is -2.27. The van der Waals surface area contributed by atoms with E-state index in [4.69, 9.17) is 28.3 Å². The third kappa shape index (κ3) is 2.77. The molecule has 1 unspecified atom stereocenters. The van der Waals surface area contributed by atoms with Gasteiger partial charge in [-0.3, -0.25) is 4.79 Å². The fraction of sp³-hybridized carbons (Fsp3) is 0.250. The first-order valence-corrected chi connectivity index (χ1v) is 5.45. The molecule has 4 heteroatoms. The number of carbonyl (C=O) groups is 1. The van der Waals surface area contributed by atoms with Gasteiger partial charge in [0.25, 0.3) is 0 Å². The number of hydrogen-bond donors (Lipinski definition) is 1. The Morgan fingerprint density at radius 1 is 1.56 bits per heavy atom. The van der Waals surface area contributed by atoms with Gasteiger partial charge in [-0.05, 0) is 37.1 Å². The van der Waals surface area contributed by atoms with Gasteiger partial charge in [-0.1, -0.05) is 29.3 Å². The molecule has 0 saturated heterocycles. The SMILES string of the molecule is C=CC(C)(Cc1cc(Cl)ccc1Cl)C(=O)O. The maximum absolute atomic E-state index is 11.1. The van der Waals surface area contributed by atoms with Crippen molar-refractivity contribution in [3.63, 3.8) is 0 Å². The second-order valence-electron chi connectivity index (χ2n) is 3.84. The normalized spacial score (nSPS) is 14.2. The Bertz CT molecular complexity index is 429. The maximum Gasteiger partial charge on any atom is 0.313 e. The third-order valence-electron chi connectivity index (χ3n) is 2.50. The van der Waals surface area contributed by atoms with Crippen LogP contribution in [0.25, 0.3) is 0 Å². The van der Waals surface area contributed by atoms with E-state index in [9.17, 15) is 4.79 Å². The summed E-state index contributed by atoms with van der Waals surface area (Å²) in [6.07, 6.45) is 1.68. The Labute approximate surface area is 104 Å². The van der Waals surface area contributed by atoms with E-state index < -0.39 is 11.4 Å². The number of aliphatic carboxylic acids is 1. The molecule has 2 nitrogen and oxygen atoms in total. The molecule has 1 aromatic rings. The second-order valence-corrected chi connectivity index (χ2v) is 4.68. The monoisotopic (exact) mass is 258 g/mol. The predicted octanol–water partition coefficient (Wildman–Crippen LogP) is 3.81. The summed E-state index contributed by atoms with van der Waals surface area (Å²) in [5.41, 5.74) is -0.326. The Morgan fingerprint density at radius 2 is 2.19 bits per heavy atom. The van der Waals surface area contributed by atoms with E-state index >= 15 is 0 Å². The van der Waals surface area contributed by atoms with Crippen LogP contribution in [0.5, 0.6) is 0 Å². The van der Waals surface area contributed by atoms with Crippen LogP contribution >= 0.6 is 23.2 Å². The highest BCUT2D eigenvalue weighted by atomic mass is 35.5. The number of carboxylic acids is 1. The molecule has 0 aromatic heterocycles. The van der Waals surface area contributed by atoms with Crippen molar-refractivity contribution in [3.8, 4) is 0 Å². The Kier molecular flexibility index (Phi) is 4.00. The molecule has 1 atom stereocenters. The van der Waals surface area contributed by atoms with Crippen LogP contribution in [-0.2, 0) is 11.2 Å². The molecule has 1 rings (SSSR count). The zero-order valence-electron chi connectivity index (χ0n) is 8.84. The van der Waals surface area contributed by atoms with Crippen molar-refractivity contribution in [3.05, 3.63) is 46.5 Å². The number of hydrogen-bond acceptors (Lipinski definition) is 1. The summed E-state index contributed by atoms with van der Waals surface area (Å²) >= 11 is 11.8. The van der Waals surface area contributed by atoms with Gasteiger partial charge in [0.15, 0.2) is 0 Å². The predicted molar refractivity (Wildman–Crippen MR) is 66.1 cm³/mol. The topological polar surface area (TPSA) is 37.3 Å². The van der Waals surface area contributed by atoms with Crippen LogP contribution < -0.4 is 0 Å². The smallest absolute Gasteiger partial charge is 0.313 e. The third-order valence-corrected chi connectivity index (χ3v) is 3.11. The molecule has 86 valence electrons.